The molecule has 1 aliphatic heterocycles. The van der Waals surface area contributed by atoms with Crippen LogP contribution in [0.1, 0.15) is 41.5 Å². The Kier molecular flexibility index (Phi) is 13.8. The number of esters is 5. The number of hydrogen-bond donors (Lipinski definition) is 1. The Morgan fingerprint density at radius 3 is 2.05 bits per heavy atom. The van der Waals surface area contributed by atoms with E-state index in [9.17, 15) is 28.8 Å². The van der Waals surface area contributed by atoms with Gasteiger partial charge in [0.1, 0.15) is 18.8 Å². The summed E-state index contributed by atoms with van der Waals surface area (Å²) >= 11 is 2.20. The standard InChI is InChI=1S/C28H37NO12S2/c1-8-42-28(27(35)36-7)26(43-20-12-10-9-11-13-20)25(40-19(6)34)22(29-15(2)30)24(41-28)23(39-18(5)33)21(38-17(4)32)14-37-16(3)31/h9-13,21-26H,8,14H2,1-7H3,(H,29,30)/t21-,22-,23+,24+,25+,26+,28-/m0/s1. The van der Waals surface area contributed by atoms with Crippen molar-refractivity contribution < 1.29 is 57.2 Å². The molecular weight excluding hydrogens is 606 g/mol. The number of carbonyl (C=O) groups excluding carboxylic acids is 6. The van der Waals surface area contributed by atoms with Crippen molar-refractivity contribution >= 4 is 59.3 Å². The van der Waals surface area contributed by atoms with Gasteiger partial charge in [-0.2, -0.15) is 0 Å². The number of benzene rings is 1. The van der Waals surface area contributed by atoms with E-state index in [0.717, 1.165) is 58.3 Å². The van der Waals surface area contributed by atoms with Crippen molar-refractivity contribution in [3.05, 3.63) is 30.3 Å². The van der Waals surface area contributed by atoms with E-state index in [1.807, 2.05) is 0 Å². The first-order valence-electron chi connectivity index (χ1n) is 13.3. The van der Waals surface area contributed by atoms with E-state index in [1.54, 1.807) is 37.3 Å². The van der Waals surface area contributed by atoms with Gasteiger partial charge in [-0.05, 0) is 17.9 Å². The molecular formula is C28H37NO12S2. The molecule has 0 bridgehead atoms. The Morgan fingerprint density at radius 1 is 0.930 bits per heavy atom. The van der Waals surface area contributed by atoms with Gasteiger partial charge in [-0.25, -0.2) is 4.79 Å². The minimum Gasteiger partial charge on any atom is -0.466 e. The highest BCUT2D eigenvalue weighted by molar-refractivity contribution is 8.04. The molecule has 1 aromatic carbocycles. The molecule has 0 spiro atoms. The molecule has 0 saturated carbocycles. The van der Waals surface area contributed by atoms with Gasteiger partial charge in [0.2, 0.25) is 10.8 Å². The van der Waals surface area contributed by atoms with Gasteiger partial charge in [0.05, 0.1) is 18.4 Å². The molecule has 1 aliphatic rings. The van der Waals surface area contributed by atoms with Crippen molar-refractivity contribution in [3.63, 3.8) is 0 Å². The normalized spacial score (nSPS) is 24.4. The molecule has 15 heteroatoms. The van der Waals surface area contributed by atoms with Crippen LogP contribution in [0.2, 0.25) is 0 Å². The van der Waals surface area contributed by atoms with Gasteiger partial charge >= 0.3 is 29.8 Å². The minimum absolute atomic E-state index is 0.310. The van der Waals surface area contributed by atoms with E-state index in [0.29, 0.717) is 10.6 Å². The largest absolute Gasteiger partial charge is 0.466 e. The molecule has 1 fully saturated rings. The molecule has 13 nitrogen and oxygen atoms in total. The average Bonchev–Trinajstić information content (AvgIpc) is 2.92. The molecule has 43 heavy (non-hydrogen) atoms. The zero-order chi connectivity index (χ0) is 32.3. The summed E-state index contributed by atoms with van der Waals surface area (Å²) < 4.78 is 33.7. The van der Waals surface area contributed by atoms with Crippen LogP contribution >= 0.6 is 23.5 Å². The van der Waals surface area contributed by atoms with E-state index in [4.69, 9.17) is 28.4 Å². The zero-order valence-electron chi connectivity index (χ0n) is 25.0. The maximum absolute atomic E-state index is 13.7. The molecule has 0 aromatic heterocycles. The van der Waals surface area contributed by atoms with E-state index in [-0.39, 0.29) is 0 Å². The summed E-state index contributed by atoms with van der Waals surface area (Å²) in [6.45, 7) is 6.90. The van der Waals surface area contributed by atoms with Crippen LogP contribution in [-0.2, 0) is 57.2 Å². The van der Waals surface area contributed by atoms with E-state index >= 15 is 0 Å². The van der Waals surface area contributed by atoms with Gasteiger partial charge in [-0.15, -0.1) is 23.5 Å². The zero-order valence-corrected chi connectivity index (χ0v) is 26.6. The highest BCUT2D eigenvalue weighted by Crippen LogP contribution is 2.49. The Bertz CT molecular complexity index is 1170. The van der Waals surface area contributed by atoms with Crippen LogP contribution in [-0.4, -0.2) is 95.9 Å². The first-order chi connectivity index (χ1) is 20.2. The summed E-state index contributed by atoms with van der Waals surface area (Å²) in [6, 6.07) is 7.66. The van der Waals surface area contributed by atoms with Crippen LogP contribution in [0.5, 0.6) is 0 Å². The topological polar surface area (TPSA) is 170 Å². The third-order valence-corrected chi connectivity index (χ3v) is 8.74. The fourth-order valence-corrected chi connectivity index (χ4v) is 7.30. The van der Waals surface area contributed by atoms with E-state index < -0.39 is 83.0 Å². The lowest BCUT2D eigenvalue weighted by molar-refractivity contribution is -0.222. The van der Waals surface area contributed by atoms with E-state index in [1.165, 1.54) is 6.92 Å². The minimum atomic E-state index is -1.91. The second-order valence-corrected chi connectivity index (χ2v) is 12.0. The first kappa shape index (κ1) is 35.9. The number of amides is 1. The van der Waals surface area contributed by atoms with Crippen LogP contribution < -0.4 is 5.32 Å². The van der Waals surface area contributed by atoms with Crippen LogP contribution in [0.4, 0.5) is 0 Å². The second kappa shape index (κ2) is 16.5. The Balaban J connectivity index is 2.89. The van der Waals surface area contributed by atoms with Gasteiger partial charge in [-0.3, -0.25) is 24.0 Å². The monoisotopic (exact) mass is 643 g/mol. The van der Waals surface area contributed by atoms with Crippen LogP contribution in [0.25, 0.3) is 0 Å². The van der Waals surface area contributed by atoms with E-state index in [2.05, 4.69) is 5.32 Å². The third-order valence-electron chi connectivity index (χ3n) is 5.96. The number of rotatable bonds is 13. The third kappa shape index (κ3) is 9.86. The molecule has 1 heterocycles. The Morgan fingerprint density at radius 2 is 1.56 bits per heavy atom. The number of carbonyl (C=O) groups is 6. The molecule has 1 saturated heterocycles. The molecule has 1 N–H and O–H groups in total. The Labute approximate surface area is 258 Å². The quantitative estimate of drug-likeness (QED) is 0.245. The van der Waals surface area contributed by atoms with Gasteiger partial charge in [-0.1, -0.05) is 25.1 Å². The van der Waals surface area contributed by atoms with Crippen molar-refractivity contribution in [2.45, 2.75) is 87.1 Å². The summed E-state index contributed by atoms with van der Waals surface area (Å²) in [4.78, 5) is 73.8. The van der Waals surface area contributed by atoms with Gasteiger partial charge in [0.25, 0.3) is 0 Å². The number of ether oxygens (including phenoxy) is 6. The number of nitrogens with one attached hydrogen (secondary N) is 1. The van der Waals surface area contributed by atoms with Gasteiger partial charge < -0.3 is 33.7 Å². The summed E-state index contributed by atoms with van der Waals surface area (Å²) in [5, 5.41) is 1.69. The molecule has 0 radical (unpaired) electrons. The fraction of sp³-hybridized carbons (Fsp3) is 0.571. The lowest BCUT2D eigenvalue weighted by atomic mass is 9.88. The summed E-state index contributed by atoms with van der Waals surface area (Å²) in [6.07, 6.45) is -5.80. The van der Waals surface area contributed by atoms with Crippen molar-refractivity contribution in [2.75, 3.05) is 19.5 Å². The number of thioether (sulfide) groups is 2. The summed E-state index contributed by atoms with van der Waals surface area (Å²) in [5.41, 5.74) is 0. The molecule has 0 aliphatic carbocycles. The van der Waals surface area contributed by atoms with Crippen molar-refractivity contribution in [1.29, 1.82) is 0 Å². The molecule has 0 unspecified atom stereocenters. The second-order valence-electron chi connectivity index (χ2n) is 9.35. The maximum atomic E-state index is 13.7. The Hall–Kier alpha value is -3.30. The molecule has 7 atom stereocenters. The first-order valence-corrected chi connectivity index (χ1v) is 15.2. The fourth-order valence-electron chi connectivity index (χ4n) is 4.57. The highest BCUT2D eigenvalue weighted by atomic mass is 32.2. The molecule has 1 amide bonds. The SMILES string of the molecule is CCS[C@@]1(C(=O)OC)O[C@@H]([C@H](OC(C)=O)[C@H](COC(C)=O)OC(C)=O)[C@H](NC(C)=O)[C@@H](OC(C)=O)[C@H]1Sc1ccccc1. The van der Waals surface area contributed by atoms with Gasteiger partial charge in [0, 0.05) is 39.5 Å². The maximum Gasteiger partial charge on any atom is 0.350 e. The van der Waals surface area contributed by atoms with Crippen LogP contribution in [0.3, 0.4) is 0 Å². The molecule has 238 valence electrons. The molecule has 2 rings (SSSR count). The predicted molar refractivity (Wildman–Crippen MR) is 155 cm³/mol. The van der Waals surface area contributed by atoms with Crippen LogP contribution in [0, 0.1) is 0 Å². The molecule has 1 aromatic rings. The van der Waals surface area contributed by atoms with Crippen molar-refractivity contribution in [1.82, 2.24) is 5.32 Å². The lowest BCUT2D eigenvalue weighted by Crippen LogP contribution is -2.73. The highest BCUT2D eigenvalue weighted by Gasteiger charge is 2.64. The summed E-state index contributed by atoms with van der Waals surface area (Å²) in [7, 11) is 1.16. The lowest BCUT2D eigenvalue weighted by Gasteiger charge is -2.52. The predicted octanol–water partition coefficient (Wildman–Crippen LogP) is 2.03. The van der Waals surface area contributed by atoms with Crippen LogP contribution in [0.15, 0.2) is 35.2 Å². The number of methoxy groups -OCH3 is 1. The summed E-state index contributed by atoms with van der Waals surface area (Å²) in [5.74, 6) is -4.21. The van der Waals surface area contributed by atoms with Crippen molar-refractivity contribution in [2.24, 2.45) is 0 Å². The average molecular weight is 644 g/mol. The van der Waals surface area contributed by atoms with Crippen molar-refractivity contribution in [3.8, 4) is 0 Å². The smallest absolute Gasteiger partial charge is 0.350 e. The van der Waals surface area contributed by atoms with Gasteiger partial charge in [0.15, 0.2) is 12.2 Å². The number of hydrogen-bond acceptors (Lipinski definition) is 14.